The summed E-state index contributed by atoms with van der Waals surface area (Å²) < 4.78 is 4.98. The minimum absolute atomic E-state index is 0.0790. The summed E-state index contributed by atoms with van der Waals surface area (Å²) in [5, 5.41) is 11.8. The van der Waals surface area contributed by atoms with Crippen molar-refractivity contribution < 1.29 is 19.1 Å². The fraction of sp³-hybridized carbons (Fsp3) is 0.231. The topological polar surface area (TPSA) is 110 Å². The van der Waals surface area contributed by atoms with E-state index in [1.54, 1.807) is 61.5 Å². The van der Waals surface area contributed by atoms with Gasteiger partial charge in [0.1, 0.15) is 0 Å². The van der Waals surface area contributed by atoms with E-state index in [-0.39, 0.29) is 17.1 Å². The molecule has 7 nitrogen and oxygen atoms in total. The summed E-state index contributed by atoms with van der Waals surface area (Å²) in [5.41, 5.74) is 0.698. The van der Waals surface area contributed by atoms with Gasteiger partial charge in [0.05, 0.1) is 22.2 Å². The zero-order valence-electron chi connectivity index (χ0n) is 20.0. The summed E-state index contributed by atoms with van der Waals surface area (Å²) in [5.74, 6) is -1.06. The van der Waals surface area contributed by atoms with Crippen molar-refractivity contribution in [3.05, 3.63) is 88.6 Å². The first-order chi connectivity index (χ1) is 16.0. The summed E-state index contributed by atoms with van der Waals surface area (Å²) in [4.78, 5) is 37.6. The molecule has 2 aromatic carbocycles. The lowest BCUT2D eigenvalue weighted by Gasteiger charge is -2.05. The molecule has 1 heterocycles. The van der Waals surface area contributed by atoms with Gasteiger partial charge in [0, 0.05) is 0 Å². The fourth-order valence-corrected chi connectivity index (χ4v) is 2.35. The number of fused-ring (bicyclic) bond motifs is 1. The molecule has 0 bridgehead atoms. The highest BCUT2D eigenvalue weighted by Gasteiger charge is 2.09. The number of benzene rings is 2. The zero-order valence-corrected chi connectivity index (χ0v) is 20.0. The Morgan fingerprint density at radius 2 is 1.55 bits per heavy atom. The second-order valence-corrected chi connectivity index (χ2v) is 5.70. The lowest BCUT2D eigenvalue weighted by atomic mass is 10.2. The SMILES string of the molecule is CC.CC.CC=CC(=O)Nc1ccccc1C(=O)O.CC=Cc1nc2ccccc2c(=O)o1. The number of aromatic nitrogens is 1. The summed E-state index contributed by atoms with van der Waals surface area (Å²) in [6.07, 6.45) is 6.35. The normalized spacial score (nSPS) is 9.76. The van der Waals surface area contributed by atoms with Gasteiger partial charge in [-0.15, -0.1) is 0 Å². The third-order valence-corrected chi connectivity index (χ3v) is 3.59. The molecule has 0 radical (unpaired) electrons. The number of hydrogen-bond acceptors (Lipinski definition) is 5. The molecular formula is C26H32N2O5. The summed E-state index contributed by atoms with van der Waals surface area (Å²) in [6.45, 7) is 11.6. The Morgan fingerprint density at radius 3 is 2.15 bits per heavy atom. The molecule has 0 saturated heterocycles. The Kier molecular flexibility index (Phi) is 14.6. The number of hydrogen-bond donors (Lipinski definition) is 2. The monoisotopic (exact) mass is 452 g/mol. The highest BCUT2D eigenvalue weighted by molar-refractivity contribution is 6.04. The maximum atomic E-state index is 11.4. The summed E-state index contributed by atoms with van der Waals surface area (Å²) in [7, 11) is 0. The van der Waals surface area contributed by atoms with E-state index in [9.17, 15) is 14.4 Å². The van der Waals surface area contributed by atoms with Gasteiger partial charge in [-0.2, -0.15) is 0 Å². The van der Waals surface area contributed by atoms with Crippen LogP contribution >= 0.6 is 0 Å². The van der Waals surface area contributed by atoms with Gasteiger partial charge in [0.15, 0.2) is 0 Å². The molecule has 0 unspecified atom stereocenters. The van der Waals surface area contributed by atoms with Gasteiger partial charge in [-0.1, -0.05) is 64.1 Å². The lowest BCUT2D eigenvalue weighted by molar-refractivity contribution is -0.111. The van der Waals surface area contributed by atoms with E-state index in [4.69, 9.17) is 9.52 Å². The number of para-hydroxylation sites is 2. The van der Waals surface area contributed by atoms with E-state index in [1.807, 2.05) is 40.7 Å². The smallest absolute Gasteiger partial charge is 0.347 e. The van der Waals surface area contributed by atoms with Crippen LogP contribution in [0, 0.1) is 0 Å². The van der Waals surface area contributed by atoms with Crippen molar-refractivity contribution in [2.24, 2.45) is 0 Å². The molecule has 3 rings (SSSR count). The number of carboxylic acids is 1. The molecule has 7 heteroatoms. The van der Waals surface area contributed by atoms with Crippen LogP contribution in [0.15, 0.2) is 76.0 Å². The second kappa shape index (κ2) is 16.7. The van der Waals surface area contributed by atoms with Crippen LogP contribution in [0.2, 0.25) is 0 Å². The Labute approximate surface area is 194 Å². The number of anilines is 1. The van der Waals surface area contributed by atoms with Crippen LogP contribution in [0.5, 0.6) is 0 Å². The van der Waals surface area contributed by atoms with Gasteiger partial charge in [-0.3, -0.25) is 4.79 Å². The van der Waals surface area contributed by atoms with Crippen molar-refractivity contribution in [2.45, 2.75) is 41.5 Å². The molecule has 1 aromatic heterocycles. The molecular weight excluding hydrogens is 420 g/mol. The number of nitrogens with zero attached hydrogens (tertiary/aromatic N) is 1. The standard InChI is InChI=1S/C11H11NO3.C11H9NO2.2C2H6/c1-2-5-10(13)12-9-7-4-3-6-8(9)11(14)15;1-2-5-10-12-9-7-4-3-6-8(9)11(13)14-10;2*1-2/h2-7H,1H3,(H,12,13)(H,14,15);2-7H,1H3;2*1-2H3. The van der Waals surface area contributed by atoms with Crippen LogP contribution in [0.1, 0.15) is 57.8 Å². The molecule has 0 aliphatic heterocycles. The Hall–Kier alpha value is -4.00. The zero-order chi connectivity index (χ0) is 25.2. The first kappa shape index (κ1) is 29.0. The van der Waals surface area contributed by atoms with Gasteiger partial charge in [0.2, 0.25) is 11.8 Å². The van der Waals surface area contributed by atoms with E-state index < -0.39 is 5.97 Å². The average Bonchev–Trinajstić information content (AvgIpc) is 2.83. The van der Waals surface area contributed by atoms with Crippen LogP contribution in [0.3, 0.4) is 0 Å². The molecule has 0 aliphatic carbocycles. The van der Waals surface area contributed by atoms with Gasteiger partial charge in [0.25, 0.3) is 0 Å². The predicted molar refractivity (Wildman–Crippen MR) is 135 cm³/mol. The molecule has 33 heavy (non-hydrogen) atoms. The average molecular weight is 453 g/mol. The summed E-state index contributed by atoms with van der Waals surface area (Å²) in [6, 6.07) is 13.4. The fourth-order valence-electron chi connectivity index (χ4n) is 2.35. The number of carbonyl (C=O) groups is 2. The first-order valence-corrected chi connectivity index (χ1v) is 10.7. The number of nitrogens with one attached hydrogen (secondary N) is 1. The minimum Gasteiger partial charge on any atom is -0.478 e. The van der Waals surface area contributed by atoms with Crippen LogP contribution in [-0.2, 0) is 4.79 Å². The second-order valence-electron chi connectivity index (χ2n) is 5.70. The number of aromatic carboxylic acids is 1. The summed E-state index contributed by atoms with van der Waals surface area (Å²) >= 11 is 0. The molecule has 1 amide bonds. The molecule has 2 N–H and O–H groups in total. The van der Waals surface area contributed by atoms with Gasteiger partial charge in [-0.05, 0) is 50.3 Å². The molecule has 0 fully saturated rings. The van der Waals surface area contributed by atoms with E-state index >= 15 is 0 Å². The van der Waals surface area contributed by atoms with Gasteiger partial charge >= 0.3 is 11.6 Å². The van der Waals surface area contributed by atoms with Crippen molar-refractivity contribution in [3.8, 4) is 0 Å². The molecule has 0 spiro atoms. The number of carbonyl (C=O) groups excluding carboxylic acids is 1. The molecule has 176 valence electrons. The Balaban J connectivity index is 0.000000540. The molecule has 0 aliphatic rings. The van der Waals surface area contributed by atoms with Crippen molar-refractivity contribution in [1.82, 2.24) is 4.98 Å². The molecule has 0 atom stereocenters. The third-order valence-electron chi connectivity index (χ3n) is 3.59. The van der Waals surface area contributed by atoms with Crippen LogP contribution in [0.4, 0.5) is 5.69 Å². The predicted octanol–water partition coefficient (Wildman–Crippen LogP) is 6.17. The largest absolute Gasteiger partial charge is 0.478 e. The molecule has 0 saturated carbocycles. The van der Waals surface area contributed by atoms with Gasteiger partial charge in [-0.25, -0.2) is 14.6 Å². The molecule has 3 aromatic rings. The highest BCUT2D eigenvalue weighted by Crippen LogP contribution is 2.14. The number of carboxylic acid groups (broad SMARTS) is 1. The van der Waals surface area contributed by atoms with Crippen molar-refractivity contribution >= 4 is 34.5 Å². The van der Waals surface area contributed by atoms with Crippen LogP contribution in [0.25, 0.3) is 17.0 Å². The quantitative estimate of drug-likeness (QED) is 0.458. The lowest BCUT2D eigenvalue weighted by Crippen LogP contribution is -2.11. The van der Waals surface area contributed by atoms with E-state index in [1.165, 1.54) is 12.1 Å². The number of allylic oxidation sites excluding steroid dienone is 2. The van der Waals surface area contributed by atoms with E-state index in [0.29, 0.717) is 22.5 Å². The van der Waals surface area contributed by atoms with Crippen molar-refractivity contribution in [1.29, 1.82) is 0 Å². The third kappa shape index (κ3) is 9.78. The Morgan fingerprint density at radius 1 is 0.939 bits per heavy atom. The van der Waals surface area contributed by atoms with E-state index in [2.05, 4.69) is 10.3 Å². The van der Waals surface area contributed by atoms with Crippen molar-refractivity contribution in [2.75, 3.05) is 5.32 Å². The number of rotatable bonds is 4. The first-order valence-electron chi connectivity index (χ1n) is 10.7. The van der Waals surface area contributed by atoms with Gasteiger partial charge < -0.3 is 14.8 Å². The van der Waals surface area contributed by atoms with Crippen LogP contribution < -0.4 is 10.9 Å². The van der Waals surface area contributed by atoms with Crippen LogP contribution in [-0.4, -0.2) is 22.0 Å². The number of amides is 1. The minimum atomic E-state index is -1.06. The maximum Gasteiger partial charge on any atom is 0.347 e. The van der Waals surface area contributed by atoms with E-state index in [0.717, 1.165) is 0 Å². The van der Waals surface area contributed by atoms with Crippen molar-refractivity contribution in [3.63, 3.8) is 0 Å². The Bertz CT molecular complexity index is 1130. The highest BCUT2D eigenvalue weighted by atomic mass is 16.4. The maximum absolute atomic E-state index is 11.4.